The van der Waals surface area contributed by atoms with Crippen molar-refractivity contribution in [2.45, 2.75) is 50.7 Å². The third kappa shape index (κ3) is 3.98. The lowest BCUT2D eigenvalue weighted by Crippen LogP contribution is -2.45. The van der Waals surface area contributed by atoms with Crippen LogP contribution in [0, 0.1) is 5.92 Å². The maximum atomic E-state index is 10.2. The molecule has 2 N–H and O–H groups in total. The second-order valence-corrected chi connectivity index (χ2v) is 6.62. The zero-order chi connectivity index (χ0) is 14.5. The summed E-state index contributed by atoms with van der Waals surface area (Å²) in [6.07, 6.45) is 7.25. The summed E-state index contributed by atoms with van der Waals surface area (Å²) in [7, 11) is 0. The predicted molar refractivity (Wildman–Crippen MR) is 87.6 cm³/mol. The molecule has 0 radical (unpaired) electrons. The van der Waals surface area contributed by atoms with Gasteiger partial charge < -0.3 is 15.3 Å². The van der Waals surface area contributed by atoms with E-state index in [1.54, 1.807) is 0 Å². The van der Waals surface area contributed by atoms with E-state index in [1.807, 2.05) is 0 Å². The lowest BCUT2D eigenvalue weighted by Gasteiger charge is -2.34. The highest BCUT2D eigenvalue weighted by atomic mass is 16.3. The first-order valence-corrected chi connectivity index (χ1v) is 8.54. The molecule has 1 aromatic rings. The molecule has 3 heteroatoms. The van der Waals surface area contributed by atoms with E-state index in [0.29, 0.717) is 12.0 Å². The fourth-order valence-corrected chi connectivity index (χ4v) is 3.78. The average Bonchev–Trinajstić information content (AvgIpc) is 3.08. The minimum atomic E-state index is -0.139. The first kappa shape index (κ1) is 14.9. The predicted octanol–water partition coefficient (Wildman–Crippen LogP) is 2.80. The maximum Gasteiger partial charge on any atom is 0.0692 e. The smallest absolute Gasteiger partial charge is 0.0692 e. The Morgan fingerprint density at radius 3 is 2.38 bits per heavy atom. The van der Waals surface area contributed by atoms with Gasteiger partial charge in [-0.1, -0.05) is 31.0 Å². The Hall–Kier alpha value is -1.06. The van der Waals surface area contributed by atoms with Crippen molar-refractivity contribution in [3.63, 3.8) is 0 Å². The van der Waals surface area contributed by atoms with Crippen LogP contribution in [0.3, 0.4) is 0 Å². The number of aliphatic hydroxyl groups excluding tert-OH is 1. The zero-order valence-corrected chi connectivity index (χ0v) is 12.9. The molecule has 1 aliphatic carbocycles. The van der Waals surface area contributed by atoms with Crippen molar-refractivity contribution in [1.82, 2.24) is 5.32 Å². The summed E-state index contributed by atoms with van der Waals surface area (Å²) in [4.78, 5) is 2.46. The SMILES string of the molecule is OC(CNC1CCN(c2ccccc2)CC1)C1CCCC1. The number of nitrogens with one attached hydrogen (secondary N) is 1. The molecule has 1 heterocycles. The molecule has 3 rings (SSSR count). The van der Waals surface area contributed by atoms with Crippen molar-refractivity contribution >= 4 is 5.69 Å². The van der Waals surface area contributed by atoms with Crippen molar-refractivity contribution in [3.05, 3.63) is 30.3 Å². The van der Waals surface area contributed by atoms with E-state index in [1.165, 1.54) is 44.2 Å². The second kappa shape index (κ2) is 7.28. The molecule has 0 spiro atoms. The molecule has 1 aliphatic heterocycles. The summed E-state index contributed by atoms with van der Waals surface area (Å²) >= 11 is 0. The van der Waals surface area contributed by atoms with Crippen LogP contribution in [-0.4, -0.2) is 36.9 Å². The molecule has 0 bridgehead atoms. The molecular weight excluding hydrogens is 260 g/mol. The average molecular weight is 288 g/mol. The van der Waals surface area contributed by atoms with Crippen molar-refractivity contribution in [3.8, 4) is 0 Å². The van der Waals surface area contributed by atoms with Gasteiger partial charge in [0.15, 0.2) is 0 Å². The number of hydrogen-bond acceptors (Lipinski definition) is 3. The summed E-state index contributed by atoms with van der Waals surface area (Å²) < 4.78 is 0. The third-order valence-corrected chi connectivity index (χ3v) is 5.18. The Morgan fingerprint density at radius 1 is 1.05 bits per heavy atom. The highest BCUT2D eigenvalue weighted by molar-refractivity contribution is 5.46. The largest absolute Gasteiger partial charge is 0.392 e. The van der Waals surface area contributed by atoms with Gasteiger partial charge in [0.25, 0.3) is 0 Å². The van der Waals surface area contributed by atoms with E-state index < -0.39 is 0 Å². The summed E-state index contributed by atoms with van der Waals surface area (Å²) in [6, 6.07) is 11.2. The fourth-order valence-electron chi connectivity index (χ4n) is 3.78. The van der Waals surface area contributed by atoms with Gasteiger partial charge in [-0.15, -0.1) is 0 Å². The summed E-state index contributed by atoms with van der Waals surface area (Å²) in [6.45, 7) is 3.00. The second-order valence-electron chi connectivity index (χ2n) is 6.62. The van der Waals surface area contributed by atoms with Crippen molar-refractivity contribution in [2.24, 2.45) is 5.92 Å². The fraction of sp³-hybridized carbons (Fsp3) is 0.667. The molecule has 2 aliphatic rings. The van der Waals surface area contributed by atoms with Crippen molar-refractivity contribution in [1.29, 1.82) is 0 Å². The van der Waals surface area contributed by atoms with Gasteiger partial charge in [-0.25, -0.2) is 0 Å². The van der Waals surface area contributed by atoms with E-state index in [9.17, 15) is 5.11 Å². The molecule has 116 valence electrons. The number of para-hydroxylation sites is 1. The summed E-state index contributed by atoms with van der Waals surface area (Å²) in [5.74, 6) is 0.543. The topological polar surface area (TPSA) is 35.5 Å². The van der Waals surface area contributed by atoms with E-state index in [2.05, 4.69) is 40.5 Å². The zero-order valence-electron chi connectivity index (χ0n) is 12.9. The Balaban J connectivity index is 1.39. The maximum absolute atomic E-state index is 10.2. The lowest BCUT2D eigenvalue weighted by molar-refractivity contribution is 0.105. The van der Waals surface area contributed by atoms with Crippen molar-refractivity contribution < 1.29 is 5.11 Å². The molecule has 0 aromatic heterocycles. The van der Waals surface area contributed by atoms with Crippen LogP contribution in [0.4, 0.5) is 5.69 Å². The van der Waals surface area contributed by atoms with E-state index in [0.717, 1.165) is 19.6 Å². The molecule has 0 amide bonds. The molecule has 1 unspecified atom stereocenters. The van der Waals surface area contributed by atoms with Gasteiger partial charge in [0.05, 0.1) is 6.10 Å². The van der Waals surface area contributed by atoms with E-state index in [-0.39, 0.29) is 6.10 Å². The minimum absolute atomic E-state index is 0.139. The Kier molecular flexibility index (Phi) is 5.15. The number of hydrogen-bond donors (Lipinski definition) is 2. The number of nitrogens with zero attached hydrogens (tertiary/aromatic N) is 1. The quantitative estimate of drug-likeness (QED) is 0.874. The molecule has 3 nitrogen and oxygen atoms in total. The van der Waals surface area contributed by atoms with Crippen LogP contribution in [0.2, 0.25) is 0 Å². The van der Waals surface area contributed by atoms with Gasteiger partial charge in [-0.2, -0.15) is 0 Å². The van der Waals surface area contributed by atoms with Gasteiger partial charge in [-0.3, -0.25) is 0 Å². The highest BCUT2D eigenvalue weighted by Gasteiger charge is 2.25. The normalized spacial score (nSPS) is 22.6. The summed E-state index contributed by atoms with van der Waals surface area (Å²) in [5.41, 5.74) is 1.34. The first-order valence-electron chi connectivity index (χ1n) is 8.54. The number of benzene rings is 1. The van der Waals surface area contributed by atoms with Crippen LogP contribution < -0.4 is 10.2 Å². The highest BCUT2D eigenvalue weighted by Crippen LogP contribution is 2.27. The van der Waals surface area contributed by atoms with E-state index in [4.69, 9.17) is 0 Å². The Bertz CT molecular complexity index is 408. The third-order valence-electron chi connectivity index (χ3n) is 5.18. The van der Waals surface area contributed by atoms with Gasteiger partial charge in [0.1, 0.15) is 0 Å². The van der Waals surface area contributed by atoms with Gasteiger partial charge >= 0.3 is 0 Å². The molecule has 1 aromatic carbocycles. The molecular formula is C18H28N2O. The first-order chi connectivity index (χ1) is 10.3. The standard InChI is InChI=1S/C18H28N2O/c21-18(15-6-4-5-7-15)14-19-16-10-12-20(13-11-16)17-8-2-1-3-9-17/h1-3,8-9,15-16,18-19,21H,4-7,10-14H2. The van der Waals surface area contributed by atoms with E-state index >= 15 is 0 Å². The van der Waals surface area contributed by atoms with Crippen molar-refractivity contribution in [2.75, 3.05) is 24.5 Å². The van der Waals surface area contributed by atoms with Gasteiger partial charge in [0, 0.05) is 31.4 Å². The minimum Gasteiger partial charge on any atom is -0.392 e. The number of aliphatic hydroxyl groups is 1. The Labute approximate surface area is 128 Å². The monoisotopic (exact) mass is 288 g/mol. The number of rotatable bonds is 5. The van der Waals surface area contributed by atoms with Crippen LogP contribution >= 0.6 is 0 Å². The van der Waals surface area contributed by atoms with Gasteiger partial charge in [-0.05, 0) is 43.7 Å². The summed E-state index contributed by atoms with van der Waals surface area (Å²) in [5, 5.41) is 13.8. The van der Waals surface area contributed by atoms with Crippen LogP contribution in [0.5, 0.6) is 0 Å². The van der Waals surface area contributed by atoms with Crippen LogP contribution in [0.15, 0.2) is 30.3 Å². The van der Waals surface area contributed by atoms with Crippen LogP contribution in [0.1, 0.15) is 38.5 Å². The molecule has 1 atom stereocenters. The molecule has 1 saturated heterocycles. The number of anilines is 1. The molecule has 1 saturated carbocycles. The Morgan fingerprint density at radius 2 is 1.71 bits per heavy atom. The molecule has 2 fully saturated rings. The molecule has 21 heavy (non-hydrogen) atoms. The van der Waals surface area contributed by atoms with Crippen LogP contribution in [0.25, 0.3) is 0 Å². The van der Waals surface area contributed by atoms with Gasteiger partial charge in [0.2, 0.25) is 0 Å². The number of piperidine rings is 1. The lowest BCUT2D eigenvalue weighted by atomic mass is 9.99. The van der Waals surface area contributed by atoms with Crippen LogP contribution in [-0.2, 0) is 0 Å².